The lowest BCUT2D eigenvalue weighted by atomic mass is 9.85. The molecule has 0 N–H and O–H groups in total. The molecule has 1 atom stereocenters. The van der Waals surface area contributed by atoms with Crippen LogP contribution in [0.3, 0.4) is 0 Å². The molecule has 0 spiro atoms. The van der Waals surface area contributed by atoms with E-state index in [0.29, 0.717) is 4.83 Å². The zero-order valence-electron chi connectivity index (χ0n) is 11.7. The lowest BCUT2D eigenvalue weighted by Gasteiger charge is -2.24. The molecule has 1 aromatic rings. The number of benzene rings is 1. The molecule has 1 aromatic carbocycles. The molecule has 0 bridgehead atoms. The van der Waals surface area contributed by atoms with Gasteiger partial charge in [0.1, 0.15) is 0 Å². The average Bonchev–Trinajstić information content (AvgIpc) is 2.35. The van der Waals surface area contributed by atoms with Gasteiger partial charge in [0.2, 0.25) is 0 Å². The van der Waals surface area contributed by atoms with Crippen molar-refractivity contribution in [1.82, 2.24) is 0 Å². The Kier molecular flexibility index (Phi) is 5.29. The highest BCUT2D eigenvalue weighted by Crippen LogP contribution is 2.30. The molecule has 1 heteroatoms. The first-order valence-corrected chi connectivity index (χ1v) is 8.27. The molecular formula is C17H25Br. The molecule has 0 saturated heterocycles. The summed E-state index contributed by atoms with van der Waals surface area (Å²) in [6, 6.07) is 6.82. The van der Waals surface area contributed by atoms with E-state index in [-0.39, 0.29) is 0 Å². The van der Waals surface area contributed by atoms with Gasteiger partial charge in [-0.2, -0.15) is 0 Å². The van der Waals surface area contributed by atoms with Gasteiger partial charge in [0, 0.05) is 4.83 Å². The maximum Gasteiger partial charge on any atom is 0.0188 e. The second kappa shape index (κ2) is 6.75. The number of hydrogen-bond donors (Lipinski definition) is 0. The molecular weight excluding hydrogens is 284 g/mol. The van der Waals surface area contributed by atoms with E-state index in [0.717, 1.165) is 5.92 Å². The summed E-state index contributed by atoms with van der Waals surface area (Å²) in [5.41, 5.74) is 4.34. The van der Waals surface area contributed by atoms with Gasteiger partial charge in [-0.25, -0.2) is 0 Å². The van der Waals surface area contributed by atoms with Crippen LogP contribution in [0.2, 0.25) is 0 Å². The van der Waals surface area contributed by atoms with Gasteiger partial charge in [-0.15, -0.1) is 0 Å². The van der Waals surface area contributed by atoms with Crippen molar-refractivity contribution in [3.05, 3.63) is 34.9 Å². The van der Waals surface area contributed by atoms with Crippen LogP contribution < -0.4 is 0 Å². The normalized spacial score (nSPS) is 18.8. The van der Waals surface area contributed by atoms with E-state index >= 15 is 0 Å². The third kappa shape index (κ3) is 4.12. The van der Waals surface area contributed by atoms with E-state index < -0.39 is 0 Å². The van der Waals surface area contributed by atoms with Crippen molar-refractivity contribution < 1.29 is 0 Å². The van der Waals surface area contributed by atoms with Crippen LogP contribution in [-0.4, -0.2) is 4.83 Å². The fraction of sp³-hybridized carbons (Fsp3) is 0.647. The molecule has 0 heterocycles. The number of hydrogen-bond acceptors (Lipinski definition) is 0. The summed E-state index contributed by atoms with van der Waals surface area (Å²) in [4.78, 5) is 0.654. The Bertz CT molecular complexity index is 377. The maximum absolute atomic E-state index is 3.91. The van der Waals surface area contributed by atoms with E-state index in [1.165, 1.54) is 61.6 Å². The molecule has 2 rings (SSSR count). The van der Waals surface area contributed by atoms with Crippen molar-refractivity contribution in [2.24, 2.45) is 5.92 Å². The lowest BCUT2D eigenvalue weighted by Crippen LogP contribution is -2.14. The van der Waals surface area contributed by atoms with Gasteiger partial charge in [0.05, 0.1) is 0 Å². The topological polar surface area (TPSA) is 0 Å². The van der Waals surface area contributed by atoms with Crippen molar-refractivity contribution in [2.45, 2.75) is 63.6 Å². The predicted molar refractivity (Wildman–Crippen MR) is 83.5 cm³/mol. The molecule has 1 fully saturated rings. The smallest absolute Gasteiger partial charge is 0.0188 e. The Morgan fingerprint density at radius 2 is 1.89 bits per heavy atom. The highest BCUT2D eigenvalue weighted by atomic mass is 79.9. The first-order chi connectivity index (χ1) is 8.65. The number of alkyl halides is 1. The summed E-state index contributed by atoms with van der Waals surface area (Å²) in [7, 11) is 0. The van der Waals surface area contributed by atoms with Gasteiger partial charge in [0.15, 0.2) is 0 Å². The van der Waals surface area contributed by atoms with E-state index in [9.17, 15) is 0 Å². The van der Waals surface area contributed by atoms with Crippen molar-refractivity contribution in [2.75, 3.05) is 0 Å². The van der Waals surface area contributed by atoms with E-state index in [4.69, 9.17) is 0 Å². The third-order valence-electron chi connectivity index (χ3n) is 4.26. The van der Waals surface area contributed by atoms with Gasteiger partial charge in [-0.05, 0) is 43.7 Å². The zero-order valence-corrected chi connectivity index (χ0v) is 13.3. The molecule has 18 heavy (non-hydrogen) atoms. The Morgan fingerprint density at radius 3 is 2.61 bits per heavy atom. The molecule has 100 valence electrons. The van der Waals surface area contributed by atoms with E-state index in [1.54, 1.807) is 0 Å². The second-order valence-electron chi connectivity index (χ2n) is 5.97. The van der Waals surface area contributed by atoms with E-state index in [1.807, 2.05) is 0 Å². The molecule has 0 nitrogen and oxygen atoms in total. The van der Waals surface area contributed by atoms with Crippen molar-refractivity contribution >= 4 is 15.9 Å². The summed E-state index contributed by atoms with van der Waals surface area (Å²) < 4.78 is 0. The van der Waals surface area contributed by atoms with Crippen LogP contribution in [0.1, 0.15) is 55.2 Å². The Balaban J connectivity index is 1.89. The highest BCUT2D eigenvalue weighted by molar-refractivity contribution is 9.09. The minimum Gasteiger partial charge on any atom is -0.0887 e. The molecule has 0 radical (unpaired) electrons. The molecule has 1 saturated carbocycles. The monoisotopic (exact) mass is 308 g/mol. The summed E-state index contributed by atoms with van der Waals surface area (Å²) >= 11 is 3.91. The number of aryl methyl sites for hydroxylation is 2. The lowest BCUT2D eigenvalue weighted by molar-refractivity contribution is 0.337. The fourth-order valence-electron chi connectivity index (χ4n) is 3.13. The number of rotatable bonds is 4. The zero-order chi connectivity index (χ0) is 13.0. The molecule has 0 aliphatic heterocycles. The molecule has 0 amide bonds. The van der Waals surface area contributed by atoms with Crippen LogP contribution in [0.15, 0.2) is 18.2 Å². The van der Waals surface area contributed by atoms with Gasteiger partial charge >= 0.3 is 0 Å². The van der Waals surface area contributed by atoms with Crippen LogP contribution in [0.25, 0.3) is 0 Å². The predicted octanol–water partition coefficient (Wildman–Crippen LogP) is 5.58. The van der Waals surface area contributed by atoms with Crippen LogP contribution in [0, 0.1) is 19.8 Å². The Hall–Kier alpha value is -0.300. The number of halogens is 1. The first kappa shape index (κ1) is 14.1. The van der Waals surface area contributed by atoms with Crippen molar-refractivity contribution in [3.8, 4) is 0 Å². The Labute approximate surface area is 120 Å². The minimum atomic E-state index is 0.654. The van der Waals surface area contributed by atoms with Gasteiger partial charge in [-0.3, -0.25) is 0 Å². The third-order valence-corrected chi connectivity index (χ3v) is 4.96. The summed E-state index contributed by atoms with van der Waals surface area (Å²) in [5.74, 6) is 0.966. The Morgan fingerprint density at radius 1 is 1.17 bits per heavy atom. The van der Waals surface area contributed by atoms with Crippen LogP contribution >= 0.6 is 15.9 Å². The quantitative estimate of drug-likeness (QED) is 0.637. The minimum absolute atomic E-state index is 0.654. The van der Waals surface area contributed by atoms with Crippen LogP contribution in [0.5, 0.6) is 0 Å². The standard InChI is InChI=1S/C17H25Br/c1-13-8-9-14(2)16(10-13)12-17(18)11-15-6-4-3-5-7-15/h8-10,15,17H,3-7,11-12H2,1-2H3. The summed E-state index contributed by atoms with van der Waals surface area (Å²) in [5, 5.41) is 0. The van der Waals surface area contributed by atoms with Gasteiger partial charge in [-0.1, -0.05) is 71.8 Å². The molecule has 1 aliphatic rings. The first-order valence-electron chi connectivity index (χ1n) is 7.35. The molecule has 1 aliphatic carbocycles. The van der Waals surface area contributed by atoms with Crippen molar-refractivity contribution in [1.29, 1.82) is 0 Å². The van der Waals surface area contributed by atoms with Crippen LogP contribution in [0.4, 0.5) is 0 Å². The average molecular weight is 309 g/mol. The largest absolute Gasteiger partial charge is 0.0887 e. The second-order valence-corrected chi connectivity index (χ2v) is 7.27. The summed E-state index contributed by atoms with van der Waals surface area (Å²) in [6.45, 7) is 4.42. The molecule has 0 aromatic heterocycles. The highest BCUT2D eigenvalue weighted by Gasteiger charge is 2.18. The fourth-order valence-corrected chi connectivity index (χ4v) is 4.00. The SMILES string of the molecule is Cc1ccc(C)c(CC(Br)CC2CCCCC2)c1. The van der Waals surface area contributed by atoms with Crippen LogP contribution in [-0.2, 0) is 6.42 Å². The summed E-state index contributed by atoms with van der Waals surface area (Å²) in [6.07, 6.45) is 9.81. The van der Waals surface area contributed by atoms with E-state index in [2.05, 4.69) is 48.0 Å². The maximum atomic E-state index is 3.91. The van der Waals surface area contributed by atoms with Gasteiger partial charge in [0.25, 0.3) is 0 Å². The molecule has 1 unspecified atom stereocenters. The van der Waals surface area contributed by atoms with Gasteiger partial charge < -0.3 is 0 Å². The van der Waals surface area contributed by atoms with Crippen molar-refractivity contribution in [3.63, 3.8) is 0 Å².